The highest BCUT2D eigenvalue weighted by Crippen LogP contribution is 2.34. The van der Waals surface area contributed by atoms with Crippen LogP contribution in [-0.4, -0.2) is 103 Å². The van der Waals surface area contributed by atoms with Crippen LogP contribution in [0.5, 0.6) is 5.88 Å². The topological polar surface area (TPSA) is 104 Å². The van der Waals surface area contributed by atoms with E-state index in [4.69, 9.17) is 21.1 Å². The molecule has 4 aliphatic rings. The second-order valence-corrected chi connectivity index (χ2v) is 13.7. The van der Waals surface area contributed by atoms with Crippen LogP contribution in [0.3, 0.4) is 0 Å². The third kappa shape index (κ3) is 8.57. The van der Waals surface area contributed by atoms with Crippen LogP contribution in [-0.2, 0) is 20.9 Å². The summed E-state index contributed by atoms with van der Waals surface area (Å²) in [5, 5.41) is 3.79. The van der Waals surface area contributed by atoms with Crippen molar-refractivity contribution >= 4 is 29.3 Å². The number of rotatable bonds is 4. The molecule has 0 saturated carbocycles. The number of piperidine rings is 2. The summed E-state index contributed by atoms with van der Waals surface area (Å²) in [5.41, 5.74) is 1.51. The van der Waals surface area contributed by atoms with E-state index in [1.54, 1.807) is 18.2 Å². The lowest BCUT2D eigenvalue weighted by atomic mass is 9.79. The summed E-state index contributed by atoms with van der Waals surface area (Å²) < 4.78 is 11.5. The van der Waals surface area contributed by atoms with Crippen molar-refractivity contribution in [3.8, 4) is 5.88 Å². The number of halogens is 1. The van der Waals surface area contributed by atoms with E-state index in [9.17, 15) is 14.4 Å². The Morgan fingerprint density at radius 1 is 0.913 bits per heavy atom. The number of nitrogens with zero attached hydrogens (tertiary/aromatic N) is 4. The Morgan fingerprint density at radius 3 is 2.61 bits per heavy atom. The van der Waals surface area contributed by atoms with Gasteiger partial charge < -0.3 is 24.6 Å². The van der Waals surface area contributed by atoms with Gasteiger partial charge in [0, 0.05) is 69.7 Å². The number of amides is 3. The van der Waals surface area contributed by atoms with Gasteiger partial charge in [0.05, 0.1) is 19.8 Å². The van der Waals surface area contributed by atoms with Crippen molar-refractivity contribution in [2.45, 2.75) is 45.1 Å². The van der Waals surface area contributed by atoms with Crippen molar-refractivity contribution in [1.82, 2.24) is 25.0 Å². The molecular weight excluding hydrogens is 606 g/mol. The van der Waals surface area contributed by atoms with Gasteiger partial charge in [0.2, 0.25) is 17.7 Å². The van der Waals surface area contributed by atoms with E-state index in [0.717, 1.165) is 43.9 Å². The summed E-state index contributed by atoms with van der Waals surface area (Å²) in [6.45, 7) is 7.24. The number of nitrogens with one attached hydrogen (secondary N) is 1. The molecule has 1 aromatic carbocycles. The molecule has 2 aromatic rings. The van der Waals surface area contributed by atoms with E-state index in [2.05, 4.69) is 21.3 Å². The Hall–Kier alpha value is -3.21. The fourth-order valence-corrected chi connectivity index (χ4v) is 7.82. The average Bonchev–Trinajstić information content (AvgIpc) is 3.06. The van der Waals surface area contributed by atoms with Crippen molar-refractivity contribution < 1.29 is 23.9 Å². The molecular formula is C35H46ClN5O5. The van der Waals surface area contributed by atoms with Crippen molar-refractivity contribution in [3.63, 3.8) is 0 Å². The molecule has 11 heteroatoms. The maximum atomic E-state index is 13.9. The molecule has 6 rings (SSSR count). The van der Waals surface area contributed by atoms with E-state index in [1.165, 1.54) is 5.56 Å². The number of carbonyl (C=O) groups excluding carboxylic acids is 3. The van der Waals surface area contributed by atoms with E-state index in [0.29, 0.717) is 83.4 Å². The highest BCUT2D eigenvalue weighted by molar-refractivity contribution is 6.30. The molecule has 0 spiro atoms. The first-order valence-electron chi connectivity index (χ1n) is 16.9. The van der Waals surface area contributed by atoms with E-state index in [-0.39, 0.29) is 41.4 Å². The van der Waals surface area contributed by atoms with Crippen molar-refractivity contribution in [2.24, 2.45) is 23.7 Å². The van der Waals surface area contributed by atoms with Gasteiger partial charge in [-0.25, -0.2) is 4.98 Å². The first-order chi connectivity index (χ1) is 22.4. The number of ether oxygens (including phenoxy) is 2. The Kier molecular flexibility index (Phi) is 11.1. The van der Waals surface area contributed by atoms with Crippen LogP contribution in [0.1, 0.15) is 54.6 Å². The van der Waals surface area contributed by atoms with Crippen LogP contribution in [0.15, 0.2) is 42.5 Å². The van der Waals surface area contributed by atoms with Gasteiger partial charge >= 0.3 is 0 Å². The van der Waals surface area contributed by atoms with E-state index >= 15 is 0 Å². The van der Waals surface area contributed by atoms with Gasteiger partial charge in [-0.3, -0.25) is 19.3 Å². The predicted molar refractivity (Wildman–Crippen MR) is 174 cm³/mol. The summed E-state index contributed by atoms with van der Waals surface area (Å²) >= 11 is 6.26. The minimum Gasteiger partial charge on any atom is -0.478 e. The number of fused-ring (bicyclic) bond motifs is 5. The molecule has 248 valence electrons. The third-order valence-electron chi connectivity index (χ3n) is 10.2. The number of benzene rings is 1. The molecule has 4 atom stereocenters. The molecule has 0 unspecified atom stereocenters. The van der Waals surface area contributed by atoms with Gasteiger partial charge in [-0.05, 0) is 79.7 Å². The van der Waals surface area contributed by atoms with Gasteiger partial charge in [0.1, 0.15) is 5.69 Å². The molecule has 3 amide bonds. The number of hydrogen-bond donors (Lipinski definition) is 1. The Morgan fingerprint density at radius 2 is 1.76 bits per heavy atom. The molecule has 4 bridgehead atoms. The first-order valence-corrected chi connectivity index (χ1v) is 17.3. The number of carbonyl (C=O) groups is 3. The lowest BCUT2D eigenvalue weighted by molar-refractivity contribution is -0.139. The monoisotopic (exact) mass is 651 g/mol. The quantitative estimate of drug-likeness (QED) is 0.535. The average molecular weight is 652 g/mol. The molecule has 0 aliphatic carbocycles. The van der Waals surface area contributed by atoms with Crippen LogP contribution in [0.25, 0.3) is 0 Å². The zero-order chi connectivity index (χ0) is 31.9. The van der Waals surface area contributed by atoms with Crippen molar-refractivity contribution in [1.29, 1.82) is 0 Å². The van der Waals surface area contributed by atoms with Crippen LogP contribution >= 0.6 is 11.6 Å². The highest BCUT2D eigenvalue weighted by Gasteiger charge is 2.37. The standard InChI is InChI=1S/C35H46ClN5O5/c36-30-4-1-3-25(19-30)22-39-12-8-26-21-34(43)41-13-9-27(20-33(42)40-14-17-45-18-15-40)29(24-41)10-16-46-32-6-2-5-31(38-32)35(44)37-11-7-28(26)23-39/h1-6,19,26-29H,7-18,20-24H2,(H,37,44)/t26-,27-,28-,29-/m0/s1. The smallest absolute Gasteiger partial charge is 0.270 e. The molecule has 5 heterocycles. The fraction of sp³-hybridized carbons (Fsp3) is 0.600. The summed E-state index contributed by atoms with van der Waals surface area (Å²) in [7, 11) is 0. The van der Waals surface area contributed by atoms with Gasteiger partial charge in [-0.2, -0.15) is 0 Å². The lowest BCUT2D eigenvalue weighted by Gasteiger charge is -2.42. The lowest BCUT2D eigenvalue weighted by Crippen LogP contribution is -2.48. The Bertz CT molecular complexity index is 1370. The minimum absolute atomic E-state index is 0.139. The molecule has 3 saturated heterocycles. The normalized spacial score (nSPS) is 26.8. The van der Waals surface area contributed by atoms with Gasteiger partial charge in [0.15, 0.2) is 0 Å². The summed E-state index contributed by atoms with van der Waals surface area (Å²) in [4.78, 5) is 51.0. The maximum absolute atomic E-state index is 13.9. The third-order valence-corrected chi connectivity index (χ3v) is 10.5. The van der Waals surface area contributed by atoms with Gasteiger partial charge in [-0.15, -0.1) is 0 Å². The minimum atomic E-state index is -0.224. The molecule has 10 nitrogen and oxygen atoms in total. The fourth-order valence-electron chi connectivity index (χ4n) is 7.61. The maximum Gasteiger partial charge on any atom is 0.270 e. The number of pyridine rings is 1. The number of hydrogen-bond acceptors (Lipinski definition) is 7. The van der Waals surface area contributed by atoms with E-state index < -0.39 is 0 Å². The van der Waals surface area contributed by atoms with Crippen molar-refractivity contribution in [3.05, 3.63) is 58.7 Å². The van der Waals surface area contributed by atoms with Crippen LogP contribution < -0.4 is 10.1 Å². The number of aromatic nitrogens is 1. The second-order valence-electron chi connectivity index (χ2n) is 13.3. The SMILES string of the molecule is O=C1NCC[C@H]2CN(Cc3cccc(Cl)c3)CC[C@H]2CC(=O)N2CC[C@@H](CC(=O)N3CCOCC3)[C@@H](CCOc3cccc1n3)C2. The molecule has 1 N–H and O–H groups in total. The predicted octanol–water partition coefficient (Wildman–Crippen LogP) is 3.88. The molecule has 0 radical (unpaired) electrons. The molecule has 4 aliphatic heterocycles. The van der Waals surface area contributed by atoms with Crippen LogP contribution in [0.4, 0.5) is 0 Å². The zero-order valence-electron chi connectivity index (χ0n) is 26.6. The summed E-state index contributed by atoms with van der Waals surface area (Å²) in [5.74, 6) is 1.37. The zero-order valence-corrected chi connectivity index (χ0v) is 27.3. The summed E-state index contributed by atoms with van der Waals surface area (Å²) in [6, 6.07) is 13.2. The van der Waals surface area contributed by atoms with Crippen LogP contribution in [0, 0.1) is 23.7 Å². The summed E-state index contributed by atoms with van der Waals surface area (Å²) in [6.07, 6.45) is 4.20. The second kappa shape index (κ2) is 15.6. The Balaban J connectivity index is 1.17. The van der Waals surface area contributed by atoms with Gasteiger partial charge in [-0.1, -0.05) is 29.8 Å². The first kappa shape index (κ1) is 32.7. The highest BCUT2D eigenvalue weighted by atomic mass is 35.5. The number of morpholine rings is 1. The largest absolute Gasteiger partial charge is 0.478 e. The van der Waals surface area contributed by atoms with Gasteiger partial charge in [0.25, 0.3) is 5.91 Å². The van der Waals surface area contributed by atoms with E-state index in [1.807, 2.05) is 28.0 Å². The molecule has 46 heavy (non-hydrogen) atoms. The van der Waals surface area contributed by atoms with Crippen molar-refractivity contribution in [2.75, 3.05) is 65.6 Å². The molecule has 1 aromatic heterocycles. The Labute approximate surface area is 276 Å². The molecule has 3 fully saturated rings. The number of likely N-dealkylation sites (tertiary alicyclic amines) is 1. The van der Waals surface area contributed by atoms with Crippen LogP contribution in [0.2, 0.25) is 5.02 Å².